The minimum Gasteiger partial charge on any atom is -0.481 e. The van der Waals surface area contributed by atoms with Gasteiger partial charge in [-0.05, 0) is 23.6 Å². The van der Waals surface area contributed by atoms with E-state index in [0.717, 1.165) is 6.42 Å². The minimum atomic E-state index is -0.958. The molecule has 0 saturated heterocycles. The number of amides is 2. The lowest BCUT2D eigenvalue weighted by Gasteiger charge is -2.14. The molecule has 3 N–H and O–H groups in total. The highest BCUT2D eigenvalue weighted by molar-refractivity contribution is 5.91. The van der Waals surface area contributed by atoms with E-state index in [1.165, 1.54) is 0 Å². The number of hydrogen-bond donors (Lipinski definition) is 3. The molecule has 0 atom stereocenters. The number of rotatable bonds is 5. The summed E-state index contributed by atoms with van der Waals surface area (Å²) in [6.45, 7) is 6.39. The van der Waals surface area contributed by atoms with E-state index < -0.39 is 12.0 Å². The molecule has 0 bridgehead atoms. The topological polar surface area (TPSA) is 104 Å². The molecule has 0 saturated carbocycles. The maximum Gasteiger partial charge on any atom is 0.319 e. The maximum atomic E-state index is 11.7. The second-order valence-corrected chi connectivity index (χ2v) is 6.55. The SMILES string of the molecule is CC(C)(C)Cc1nc2cc(NC(=O)NCCC(=O)O)ccc2o1. The quantitative estimate of drug-likeness (QED) is 0.785. The highest BCUT2D eigenvalue weighted by atomic mass is 16.4. The molecule has 1 aromatic heterocycles. The van der Waals surface area contributed by atoms with E-state index in [-0.39, 0.29) is 18.4 Å². The number of carbonyl (C=O) groups is 2. The standard InChI is InChI=1S/C16H21N3O4/c1-16(2,3)9-13-19-11-8-10(4-5-12(11)23-13)18-15(22)17-7-6-14(20)21/h4-5,8H,6-7,9H2,1-3H3,(H,20,21)(H2,17,18,22). The highest BCUT2D eigenvalue weighted by Gasteiger charge is 2.16. The Bertz CT molecular complexity index is 716. The minimum absolute atomic E-state index is 0.0725. The Labute approximate surface area is 134 Å². The van der Waals surface area contributed by atoms with Gasteiger partial charge in [0, 0.05) is 18.7 Å². The van der Waals surface area contributed by atoms with Gasteiger partial charge in [0.2, 0.25) is 0 Å². The summed E-state index contributed by atoms with van der Waals surface area (Å²) in [5, 5.41) is 13.6. The molecule has 2 rings (SSSR count). The zero-order valence-electron chi connectivity index (χ0n) is 13.5. The third-order valence-electron chi connectivity index (χ3n) is 3.00. The predicted molar refractivity (Wildman–Crippen MR) is 86.4 cm³/mol. The van der Waals surface area contributed by atoms with Crippen LogP contribution >= 0.6 is 0 Å². The highest BCUT2D eigenvalue weighted by Crippen LogP contribution is 2.25. The molecule has 0 fully saturated rings. The van der Waals surface area contributed by atoms with Crippen molar-refractivity contribution in [2.75, 3.05) is 11.9 Å². The number of carboxylic acid groups (broad SMARTS) is 1. The molecule has 1 aromatic carbocycles. The van der Waals surface area contributed by atoms with Crippen LogP contribution < -0.4 is 10.6 Å². The Morgan fingerprint density at radius 1 is 1.30 bits per heavy atom. The van der Waals surface area contributed by atoms with Crippen LogP contribution in [0.2, 0.25) is 0 Å². The van der Waals surface area contributed by atoms with Crippen LogP contribution in [0.3, 0.4) is 0 Å². The third kappa shape index (κ3) is 5.28. The van der Waals surface area contributed by atoms with Gasteiger partial charge in [0.1, 0.15) is 5.52 Å². The number of nitrogens with one attached hydrogen (secondary N) is 2. The van der Waals surface area contributed by atoms with Gasteiger partial charge >= 0.3 is 12.0 Å². The van der Waals surface area contributed by atoms with Gasteiger partial charge in [-0.2, -0.15) is 0 Å². The molecule has 23 heavy (non-hydrogen) atoms. The number of urea groups is 1. The Morgan fingerprint density at radius 3 is 2.70 bits per heavy atom. The summed E-state index contributed by atoms with van der Waals surface area (Å²) >= 11 is 0. The third-order valence-corrected chi connectivity index (χ3v) is 3.00. The molecule has 0 aliphatic carbocycles. The maximum absolute atomic E-state index is 11.7. The zero-order valence-corrected chi connectivity index (χ0v) is 13.5. The number of benzene rings is 1. The van der Waals surface area contributed by atoms with Crippen molar-refractivity contribution < 1.29 is 19.1 Å². The van der Waals surface area contributed by atoms with Gasteiger partial charge in [0.25, 0.3) is 0 Å². The molecule has 0 aliphatic heterocycles. The number of carbonyl (C=O) groups excluding carboxylic acids is 1. The molecule has 2 aromatic rings. The van der Waals surface area contributed by atoms with Crippen molar-refractivity contribution in [3.05, 3.63) is 24.1 Å². The Hall–Kier alpha value is -2.57. The van der Waals surface area contributed by atoms with Crippen LogP contribution in [-0.4, -0.2) is 28.6 Å². The number of aliphatic carboxylic acids is 1. The summed E-state index contributed by atoms with van der Waals surface area (Å²) < 4.78 is 5.69. The molecule has 0 radical (unpaired) electrons. The van der Waals surface area contributed by atoms with Crippen LogP contribution in [0.4, 0.5) is 10.5 Å². The monoisotopic (exact) mass is 319 g/mol. The van der Waals surface area contributed by atoms with Crippen LogP contribution in [-0.2, 0) is 11.2 Å². The average molecular weight is 319 g/mol. The molecule has 7 nitrogen and oxygen atoms in total. The van der Waals surface area contributed by atoms with Crippen LogP contribution in [0, 0.1) is 5.41 Å². The summed E-state index contributed by atoms with van der Waals surface area (Å²) in [6, 6.07) is 4.73. The number of anilines is 1. The smallest absolute Gasteiger partial charge is 0.319 e. The zero-order chi connectivity index (χ0) is 17.0. The second-order valence-electron chi connectivity index (χ2n) is 6.55. The van der Waals surface area contributed by atoms with Crippen LogP contribution in [0.1, 0.15) is 33.1 Å². The predicted octanol–water partition coefficient (Wildman–Crippen LogP) is 3.01. The first-order valence-electron chi connectivity index (χ1n) is 7.39. The van der Waals surface area contributed by atoms with E-state index in [1.807, 2.05) is 0 Å². The fourth-order valence-electron chi connectivity index (χ4n) is 2.04. The Morgan fingerprint density at radius 2 is 2.04 bits per heavy atom. The lowest BCUT2D eigenvalue weighted by atomic mass is 9.92. The molecule has 7 heteroatoms. The van der Waals surface area contributed by atoms with Crippen molar-refractivity contribution >= 4 is 28.8 Å². The number of nitrogens with zero attached hydrogens (tertiary/aromatic N) is 1. The molecule has 1 heterocycles. The molecular formula is C16H21N3O4. The summed E-state index contributed by atoms with van der Waals surface area (Å²) in [7, 11) is 0. The van der Waals surface area contributed by atoms with Crippen LogP contribution in [0.5, 0.6) is 0 Å². The molecule has 0 unspecified atom stereocenters. The molecule has 2 amide bonds. The van der Waals surface area contributed by atoms with Gasteiger partial charge in [0.05, 0.1) is 6.42 Å². The first-order valence-corrected chi connectivity index (χ1v) is 7.39. The number of hydrogen-bond acceptors (Lipinski definition) is 4. The van der Waals surface area contributed by atoms with Crippen molar-refractivity contribution in [3.63, 3.8) is 0 Å². The van der Waals surface area contributed by atoms with Gasteiger partial charge in [-0.15, -0.1) is 0 Å². The van der Waals surface area contributed by atoms with E-state index in [2.05, 4.69) is 36.4 Å². The molecule has 0 aliphatic rings. The van der Waals surface area contributed by atoms with Crippen LogP contribution in [0.15, 0.2) is 22.6 Å². The lowest BCUT2D eigenvalue weighted by Crippen LogP contribution is -2.30. The first kappa shape index (κ1) is 16.8. The number of oxazole rings is 1. The fourth-order valence-corrected chi connectivity index (χ4v) is 2.04. The van der Waals surface area contributed by atoms with E-state index in [4.69, 9.17) is 9.52 Å². The van der Waals surface area contributed by atoms with Crippen molar-refractivity contribution in [1.82, 2.24) is 10.3 Å². The van der Waals surface area contributed by atoms with E-state index in [0.29, 0.717) is 22.7 Å². The van der Waals surface area contributed by atoms with E-state index in [9.17, 15) is 9.59 Å². The van der Waals surface area contributed by atoms with Gasteiger partial charge < -0.3 is 20.2 Å². The van der Waals surface area contributed by atoms with Crippen molar-refractivity contribution in [2.24, 2.45) is 5.41 Å². The molecule has 0 spiro atoms. The lowest BCUT2D eigenvalue weighted by molar-refractivity contribution is -0.136. The Balaban J connectivity index is 2.02. The fraction of sp³-hybridized carbons (Fsp3) is 0.438. The first-order chi connectivity index (χ1) is 10.7. The van der Waals surface area contributed by atoms with E-state index in [1.54, 1.807) is 18.2 Å². The summed E-state index contributed by atoms with van der Waals surface area (Å²) in [5.41, 5.74) is 1.99. The number of fused-ring (bicyclic) bond motifs is 1. The largest absolute Gasteiger partial charge is 0.481 e. The average Bonchev–Trinajstić information content (AvgIpc) is 2.77. The van der Waals surface area contributed by atoms with Gasteiger partial charge in [0.15, 0.2) is 11.5 Å². The van der Waals surface area contributed by atoms with Crippen molar-refractivity contribution in [3.8, 4) is 0 Å². The summed E-state index contributed by atoms with van der Waals surface area (Å²) in [4.78, 5) is 26.5. The number of aromatic nitrogens is 1. The molecule has 124 valence electrons. The second kappa shape index (κ2) is 6.68. The van der Waals surface area contributed by atoms with Gasteiger partial charge in [-0.3, -0.25) is 4.79 Å². The van der Waals surface area contributed by atoms with Gasteiger partial charge in [-0.25, -0.2) is 9.78 Å². The van der Waals surface area contributed by atoms with Crippen molar-refractivity contribution in [1.29, 1.82) is 0 Å². The van der Waals surface area contributed by atoms with Crippen LogP contribution in [0.25, 0.3) is 11.1 Å². The number of carboxylic acids is 1. The van der Waals surface area contributed by atoms with Crippen molar-refractivity contribution in [2.45, 2.75) is 33.6 Å². The molecular weight excluding hydrogens is 298 g/mol. The van der Waals surface area contributed by atoms with Gasteiger partial charge in [-0.1, -0.05) is 20.8 Å². The Kier molecular flexibility index (Phi) is 4.88. The normalized spacial score (nSPS) is 11.4. The van der Waals surface area contributed by atoms with E-state index >= 15 is 0 Å². The summed E-state index contributed by atoms with van der Waals surface area (Å²) in [5.74, 6) is -0.295. The summed E-state index contributed by atoms with van der Waals surface area (Å²) in [6.07, 6.45) is 0.603.